The molecule has 0 fully saturated rings. The van der Waals surface area contributed by atoms with Gasteiger partial charge in [-0.2, -0.15) is 0 Å². The average molecular weight is 284 g/mol. The standard InChI is InChI=1S/C17H16O2S/c1-11(17(18)19)14-9-8-13-7-6-12-4-2-3-5-15(12)20-16(13)10-14/h2-5,8-11H,6-7H2,1H3,(H,18,19). The van der Waals surface area contributed by atoms with Gasteiger partial charge in [-0.15, -0.1) is 0 Å². The van der Waals surface area contributed by atoms with Crippen LogP contribution in [-0.2, 0) is 17.6 Å². The first-order valence-electron chi connectivity index (χ1n) is 6.76. The van der Waals surface area contributed by atoms with Gasteiger partial charge in [0.1, 0.15) is 0 Å². The predicted molar refractivity (Wildman–Crippen MR) is 80.5 cm³/mol. The molecule has 1 aliphatic rings. The van der Waals surface area contributed by atoms with Gasteiger partial charge >= 0.3 is 5.97 Å². The summed E-state index contributed by atoms with van der Waals surface area (Å²) < 4.78 is 0. The molecule has 0 saturated heterocycles. The quantitative estimate of drug-likeness (QED) is 0.901. The van der Waals surface area contributed by atoms with Crippen LogP contribution in [0.1, 0.15) is 29.5 Å². The number of fused-ring (bicyclic) bond motifs is 2. The molecule has 0 spiro atoms. The van der Waals surface area contributed by atoms with E-state index in [0.29, 0.717) is 0 Å². The van der Waals surface area contributed by atoms with Crippen molar-refractivity contribution in [2.24, 2.45) is 0 Å². The van der Waals surface area contributed by atoms with Crippen molar-refractivity contribution in [2.75, 3.05) is 0 Å². The summed E-state index contributed by atoms with van der Waals surface area (Å²) in [5.74, 6) is -1.23. The predicted octanol–water partition coefficient (Wildman–Crippen LogP) is 4.12. The van der Waals surface area contributed by atoms with E-state index in [1.807, 2.05) is 12.1 Å². The van der Waals surface area contributed by atoms with Gasteiger partial charge in [0.25, 0.3) is 0 Å². The van der Waals surface area contributed by atoms with Crippen LogP contribution in [0.3, 0.4) is 0 Å². The molecule has 3 heteroatoms. The van der Waals surface area contributed by atoms with E-state index >= 15 is 0 Å². The molecule has 3 rings (SSSR count). The first kappa shape index (κ1) is 13.3. The molecule has 2 nitrogen and oxygen atoms in total. The van der Waals surface area contributed by atoms with E-state index < -0.39 is 11.9 Å². The third-order valence-electron chi connectivity index (χ3n) is 3.82. The maximum atomic E-state index is 11.1. The number of hydrogen-bond acceptors (Lipinski definition) is 2. The molecule has 102 valence electrons. The van der Waals surface area contributed by atoms with Crippen LogP contribution in [-0.4, -0.2) is 11.1 Å². The number of hydrogen-bond donors (Lipinski definition) is 1. The molecule has 1 unspecified atom stereocenters. The zero-order valence-electron chi connectivity index (χ0n) is 11.3. The van der Waals surface area contributed by atoms with E-state index in [-0.39, 0.29) is 0 Å². The van der Waals surface area contributed by atoms with Crippen LogP contribution in [0.2, 0.25) is 0 Å². The number of carboxylic acids is 1. The highest BCUT2D eigenvalue weighted by Gasteiger charge is 2.18. The van der Waals surface area contributed by atoms with Crippen LogP contribution in [0.25, 0.3) is 0 Å². The van der Waals surface area contributed by atoms with E-state index in [0.717, 1.165) is 18.4 Å². The molecule has 0 radical (unpaired) electrons. The first-order valence-corrected chi connectivity index (χ1v) is 7.58. The molecule has 20 heavy (non-hydrogen) atoms. The highest BCUT2D eigenvalue weighted by molar-refractivity contribution is 7.99. The highest BCUT2D eigenvalue weighted by Crippen LogP contribution is 2.38. The fourth-order valence-electron chi connectivity index (χ4n) is 2.48. The van der Waals surface area contributed by atoms with Crippen molar-refractivity contribution in [3.05, 3.63) is 59.2 Å². The molecule has 2 aromatic rings. The van der Waals surface area contributed by atoms with Gasteiger partial charge in [-0.05, 0) is 48.6 Å². The minimum atomic E-state index is -0.774. The molecule has 0 bridgehead atoms. The van der Waals surface area contributed by atoms with Crippen LogP contribution >= 0.6 is 11.8 Å². The van der Waals surface area contributed by atoms with Crippen molar-refractivity contribution in [3.63, 3.8) is 0 Å². The molecule has 0 aromatic heterocycles. The van der Waals surface area contributed by atoms with E-state index in [4.69, 9.17) is 5.11 Å². The van der Waals surface area contributed by atoms with Crippen molar-refractivity contribution in [1.29, 1.82) is 0 Å². The molecule has 0 aliphatic carbocycles. The average Bonchev–Trinajstić information content (AvgIpc) is 2.64. The Morgan fingerprint density at radius 2 is 1.80 bits per heavy atom. The molecule has 1 N–H and O–H groups in total. The van der Waals surface area contributed by atoms with E-state index in [1.54, 1.807) is 18.7 Å². The van der Waals surface area contributed by atoms with Crippen LogP contribution in [0, 0.1) is 0 Å². The Morgan fingerprint density at radius 3 is 2.55 bits per heavy atom. The fraction of sp³-hybridized carbons (Fsp3) is 0.235. The van der Waals surface area contributed by atoms with Crippen molar-refractivity contribution in [3.8, 4) is 0 Å². The minimum Gasteiger partial charge on any atom is -0.481 e. The number of carbonyl (C=O) groups is 1. The molecule has 2 aromatic carbocycles. The first-order chi connectivity index (χ1) is 9.65. The summed E-state index contributed by atoms with van der Waals surface area (Å²) in [5, 5.41) is 9.15. The second-order valence-electron chi connectivity index (χ2n) is 5.14. The number of aliphatic carboxylic acids is 1. The number of rotatable bonds is 2. The third kappa shape index (κ3) is 2.46. The van der Waals surface area contributed by atoms with Gasteiger partial charge in [-0.1, -0.05) is 42.1 Å². The lowest BCUT2D eigenvalue weighted by atomic mass is 9.98. The monoisotopic (exact) mass is 284 g/mol. The third-order valence-corrected chi connectivity index (χ3v) is 5.04. The summed E-state index contributed by atoms with van der Waals surface area (Å²) in [6.45, 7) is 1.74. The van der Waals surface area contributed by atoms with Gasteiger partial charge in [-0.25, -0.2) is 0 Å². The molecule has 0 saturated carbocycles. The van der Waals surface area contributed by atoms with Crippen molar-refractivity contribution < 1.29 is 9.90 Å². The van der Waals surface area contributed by atoms with E-state index in [2.05, 4.69) is 30.3 Å². The van der Waals surface area contributed by atoms with Crippen LogP contribution in [0.15, 0.2) is 52.3 Å². The Labute approximate surface area is 122 Å². The summed E-state index contributed by atoms with van der Waals surface area (Å²) in [7, 11) is 0. The van der Waals surface area contributed by atoms with E-state index in [9.17, 15) is 4.79 Å². The van der Waals surface area contributed by atoms with Crippen LogP contribution < -0.4 is 0 Å². The van der Waals surface area contributed by atoms with Gasteiger partial charge in [0.15, 0.2) is 0 Å². The zero-order chi connectivity index (χ0) is 14.1. The minimum absolute atomic E-state index is 0.459. The number of aryl methyl sites for hydroxylation is 2. The second kappa shape index (κ2) is 5.33. The molecular weight excluding hydrogens is 268 g/mol. The topological polar surface area (TPSA) is 37.3 Å². The number of benzene rings is 2. The lowest BCUT2D eigenvalue weighted by Crippen LogP contribution is -2.07. The molecule has 1 heterocycles. The van der Waals surface area contributed by atoms with E-state index in [1.165, 1.54) is 20.9 Å². The van der Waals surface area contributed by atoms with Gasteiger partial charge in [0.2, 0.25) is 0 Å². The fourth-order valence-corrected chi connectivity index (χ4v) is 3.66. The summed E-state index contributed by atoms with van der Waals surface area (Å²) in [4.78, 5) is 13.6. The van der Waals surface area contributed by atoms with Gasteiger partial charge in [0.05, 0.1) is 5.92 Å². The Kier molecular flexibility index (Phi) is 3.53. The van der Waals surface area contributed by atoms with Crippen molar-refractivity contribution in [2.45, 2.75) is 35.5 Å². The molecule has 1 aliphatic heterocycles. The van der Waals surface area contributed by atoms with Gasteiger partial charge in [0, 0.05) is 9.79 Å². The lowest BCUT2D eigenvalue weighted by molar-refractivity contribution is -0.138. The Hall–Kier alpha value is -1.74. The highest BCUT2D eigenvalue weighted by atomic mass is 32.2. The van der Waals surface area contributed by atoms with Crippen molar-refractivity contribution in [1.82, 2.24) is 0 Å². The Bertz CT molecular complexity index is 664. The number of carboxylic acid groups (broad SMARTS) is 1. The maximum absolute atomic E-state index is 11.1. The van der Waals surface area contributed by atoms with Crippen molar-refractivity contribution >= 4 is 17.7 Å². The maximum Gasteiger partial charge on any atom is 0.310 e. The molecular formula is C17H16O2S. The normalized spacial score (nSPS) is 14.8. The van der Waals surface area contributed by atoms with Crippen LogP contribution in [0.5, 0.6) is 0 Å². The SMILES string of the molecule is CC(C(=O)O)c1ccc2c(c1)Sc1ccccc1CC2. The molecule has 0 amide bonds. The molecule has 1 atom stereocenters. The van der Waals surface area contributed by atoms with Crippen LogP contribution in [0.4, 0.5) is 0 Å². The second-order valence-corrected chi connectivity index (χ2v) is 6.22. The Balaban J connectivity index is 2.00. The zero-order valence-corrected chi connectivity index (χ0v) is 12.1. The summed E-state index contributed by atoms with van der Waals surface area (Å²) >= 11 is 1.75. The largest absolute Gasteiger partial charge is 0.481 e. The lowest BCUT2D eigenvalue weighted by Gasteiger charge is -2.11. The summed E-state index contributed by atoms with van der Waals surface area (Å²) in [6.07, 6.45) is 2.06. The van der Waals surface area contributed by atoms with Gasteiger partial charge in [-0.3, -0.25) is 4.79 Å². The summed E-state index contributed by atoms with van der Waals surface area (Å²) in [6, 6.07) is 14.5. The van der Waals surface area contributed by atoms with Gasteiger partial charge < -0.3 is 5.11 Å². The Morgan fingerprint density at radius 1 is 1.10 bits per heavy atom. The smallest absolute Gasteiger partial charge is 0.310 e. The summed E-state index contributed by atoms with van der Waals surface area (Å²) in [5.41, 5.74) is 3.57.